The minimum atomic E-state index is -1.66. The normalized spacial score (nSPS) is 51.3. The number of rotatable bonds is 6. The summed E-state index contributed by atoms with van der Waals surface area (Å²) < 4.78 is 28.7. The molecule has 0 amide bonds. The fourth-order valence-corrected chi connectivity index (χ4v) is 10.7. The van der Waals surface area contributed by atoms with Gasteiger partial charge in [0.2, 0.25) is 0 Å². The van der Waals surface area contributed by atoms with E-state index in [2.05, 4.69) is 19.9 Å². The lowest BCUT2D eigenvalue weighted by molar-refractivity contribution is -0.357. The zero-order valence-electron chi connectivity index (χ0n) is 28.3. The van der Waals surface area contributed by atoms with Crippen LogP contribution in [0.1, 0.15) is 83.6 Å². The second-order valence-corrected chi connectivity index (χ2v) is 15.9. The first-order valence-electron chi connectivity index (χ1n) is 17.9. The van der Waals surface area contributed by atoms with Crippen LogP contribution < -0.4 is 5.63 Å². The monoisotopic (exact) mass is 692 g/mol. The number of aliphatic hydroxyl groups excluding tert-OH is 6. The van der Waals surface area contributed by atoms with Crippen LogP contribution in [-0.4, -0.2) is 115 Å². The number of ether oxygens (including phenoxy) is 4. The van der Waals surface area contributed by atoms with Gasteiger partial charge in [-0.3, -0.25) is 0 Å². The average Bonchev–Trinajstić information content (AvgIpc) is 3.36. The molecule has 2 aliphatic heterocycles. The predicted molar refractivity (Wildman–Crippen MR) is 171 cm³/mol. The number of allylic oxidation sites excluding steroid dienone is 1. The molecule has 0 aromatic carbocycles. The second-order valence-electron chi connectivity index (χ2n) is 15.9. The molecule has 4 aliphatic carbocycles. The van der Waals surface area contributed by atoms with E-state index in [0.29, 0.717) is 18.8 Å². The Kier molecular flexibility index (Phi) is 9.48. The van der Waals surface area contributed by atoms with Crippen LogP contribution >= 0.6 is 0 Å². The van der Waals surface area contributed by atoms with Crippen LogP contribution in [0.2, 0.25) is 0 Å². The van der Waals surface area contributed by atoms with Crippen molar-refractivity contribution in [3.63, 3.8) is 0 Å². The molecule has 0 radical (unpaired) electrons. The van der Waals surface area contributed by atoms with E-state index < -0.39 is 73.6 Å². The van der Waals surface area contributed by atoms with Gasteiger partial charge in [-0.2, -0.15) is 0 Å². The molecule has 2 saturated heterocycles. The Morgan fingerprint density at radius 3 is 2.29 bits per heavy atom. The topological polar surface area (TPSA) is 209 Å². The van der Waals surface area contributed by atoms with Gasteiger partial charge in [-0.05, 0) is 93.1 Å². The first kappa shape index (κ1) is 35.6. The Hall–Kier alpha value is -1.75. The van der Waals surface area contributed by atoms with Gasteiger partial charge in [-0.1, -0.05) is 25.5 Å². The molecule has 49 heavy (non-hydrogen) atoms. The highest BCUT2D eigenvalue weighted by Gasteiger charge is 2.67. The van der Waals surface area contributed by atoms with E-state index in [1.165, 1.54) is 11.6 Å². The molecular formula is C36H52O13. The highest BCUT2D eigenvalue weighted by atomic mass is 16.7. The van der Waals surface area contributed by atoms with Crippen LogP contribution in [0.5, 0.6) is 0 Å². The quantitative estimate of drug-likeness (QED) is 0.207. The van der Waals surface area contributed by atoms with Crippen LogP contribution in [0.3, 0.4) is 0 Å². The molecule has 7 N–H and O–H groups in total. The number of aliphatic hydroxyl groups is 7. The van der Waals surface area contributed by atoms with Crippen molar-refractivity contribution >= 4 is 0 Å². The maximum absolute atomic E-state index is 12.5. The largest absolute Gasteiger partial charge is 0.431 e. The first-order valence-corrected chi connectivity index (χ1v) is 17.9. The van der Waals surface area contributed by atoms with Gasteiger partial charge in [0.05, 0.1) is 30.7 Å². The number of hydrogen-bond donors (Lipinski definition) is 7. The third-order valence-corrected chi connectivity index (χ3v) is 13.6. The minimum absolute atomic E-state index is 0.110. The third kappa shape index (κ3) is 5.68. The minimum Gasteiger partial charge on any atom is -0.431 e. The molecule has 0 spiro atoms. The summed E-state index contributed by atoms with van der Waals surface area (Å²) in [4.78, 5) is 11.6. The highest BCUT2D eigenvalue weighted by molar-refractivity contribution is 5.31. The summed E-state index contributed by atoms with van der Waals surface area (Å²) in [5, 5.41) is 74.7. The Morgan fingerprint density at radius 1 is 0.837 bits per heavy atom. The Balaban J connectivity index is 1.01. The summed E-state index contributed by atoms with van der Waals surface area (Å²) >= 11 is 0. The van der Waals surface area contributed by atoms with Crippen LogP contribution in [-0.2, 0) is 18.9 Å². The number of fused-ring (bicyclic) bond motifs is 5. The lowest BCUT2D eigenvalue weighted by Crippen LogP contribution is -2.64. The molecule has 274 valence electrons. The summed E-state index contributed by atoms with van der Waals surface area (Å²) in [6.45, 7) is 5.53. The first-order chi connectivity index (χ1) is 23.2. The maximum Gasteiger partial charge on any atom is 0.335 e. The molecule has 13 nitrogen and oxygen atoms in total. The van der Waals surface area contributed by atoms with Gasteiger partial charge in [0.25, 0.3) is 0 Å². The summed E-state index contributed by atoms with van der Waals surface area (Å²) in [5.41, 5.74) is 0.655. The predicted octanol–water partition coefficient (Wildman–Crippen LogP) is 0.838. The molecule has 3 saturated carbocycles. The standard InChI is InChI=1S/C36H52O13/c1-17-31(49-33-29(42)27(40)26(39)24(15-37)48-33)28(41)30(43)32(46-17)47-20-8-11-34(2)19(14-20)5-6-23-22(34)9-12-35(3)21(10-13-36(23,35)44)18-4-7-25(38)45-16-18/h4,7,14,16-17,20-24,26-33,37,39-44H,5-6,8-13,15H2,1-3H3/t17-,20+,21+,22+,23-,24+,26-,27+,28-,29-,30-,31+,32-,33+,34+,35-,36+/m1/s1. The maximum atomic E-state index is 12.5. The van der Waals surface area contributed by atoms with Gasteiger partial charge in [-0.15, -0.1) is 0 Å². The van der Waals surface area contributed by atoms with Crippen molar-refractivity contribution in [1.29, 1.82) is 0 Å². The fourth-order valence-electron chi connectivity index (χ4n) is 10.7. The summed E-state index contributed by atoms with van der Waals surface area (Å²) in [5.74, 6) is 0.572. The van der Waals surface area contributed by atoms with Crippen LogP contribution in [0.25, 0.3) is 0 Å². The van der Waals surface area contributed by atoms with E-state index in [4.69, 9.17) is 23.4 Å². The lowest BCUT2D eigenvalue weighted by atomic mass is 9.45. The molecule has 0 bridgehead atoms. The summed E-state index contributed by atoms with van der Waals surface area (Å²) in [7, 11) is 0. The van der Waals surface area contributed by atoms with Crippen molar-refractivity contribution < 1.29 is 59.1 Å². The molecule has 3 heterocycles. The molecular weight excluding hydrogens is 640 g/mol. The third-order valence-electron chi connectivity index (χ3n) is 13.6. The van der Waals surface area contributed by atoms with Gasteiger partial charge in [0.15, 0.2) is 12.6 Å². The van der Waals surface area contributed by atoms with Crippen LogP contribution in [0.15, 0.2) is 39.3 Å². The summed E-state index contributed by atoms with van der Waals surface area (Å²) in [6, 6.07) is 3.32. The van der Waals surface area contributed by atoms with Crippen LogP contribution in [0, 0.1) is 22.7 Å². The fraction of sp³-hybridized carbons (Fsp3) is 0.806. The van der Waals surface area contributed by atoms with Crippen molar-refractivity contribution in [2.75, 3.05) is 6.61 Å². The number of hydrogen-bond acceptors (Lipinski definition) is 13. The van der Waals surface area contributed by atoms with E-state index in [9.17, 15) is 40.5 Å². The SMILES string of the molecule is C[C@H]1O[C@H](O[C@@H]2C=C3CC[C@@H]4[C@H](CC[C@]5(C)[C@H](c6ccc(=O)oc6)CC[C@]45O)[C@@]3(C)CC2)[C@H](O)[C@@H](O)[C@H]1O[C@@H]1O[C@@H](CO)[C@@H](O)[C@H](O)[C@H]1O. The van der Waals surface area contributed by atoms with Crippen molar-refractivity contribution in [2.45, 2.75) is 151 Å². The van der Waals surface area contributed by atoms with Crippen molar-refractivity contribution in [3.8, 4) is 0 Å². The summed E-state index contributed by atoms with van der Waals surface area (Å²) in [6.07, 6.45) is -3.69. The van der Waals surface area contributed by atoms with Gasteiger partial charge in [0, 0.05) is 11.5 Å². The molecule has 7 rings (SSSR count). The average molecular weight is 693 g/mol. The van der Waals surface area contributed by atoms with Crippen molar-refractivity contribution in [3.05, 3.63) is 46.0 Å². The molecule has 13 heteroatoms. The van der Waals surface area contributed by atoms with E-state index in [1.807, 2.05) is 6.07 Å². The van der Waals surface area contributed by atoms with E-state index in [-0.39, 0.29) is 34.4 Å². The van der Waals surface area contributed by atoms with Gasteiger partial charge in [0.1, 0.15) is 42.7 Å². The van der Waals surface area contributed by atoms with Gasteiger partial charge >= 0.3 is 5.63 Å². The smallest absolute Gasteiger partial charge is 0.335 e. The van der Waals surface area contributed by atoms with Gasteiger partial charge < -0.3 is 59.1 Å². The van der Waals surface area contributed by atoms with Crippen molar-refractivity contribution in [1.82, 2.24) is 0 Å². The van der Waals surface area contributed by atoms with Crippen LogP contribution in [0.4, 0.5) is 0 Å². The zero-order chi connectivity index (χ0) is 35.0. The molecule has 0 unspecified atom stereocenters. The molecule has 1 aromatic heterocycles. The van der Waals surface area contributed by atoms with E-state index in [1.54, 1.807) is 13.2 Å². The lowest BCUT2D eigenvalue weighted by Gasteiger charge is -2.62. The molecule has 1 aromatic rings. The zero-order valence-corrected chi connectivity index (χ0v) is 28.3. The molecule has 6 aliphatic rings. The molecule has 17 atom stereocenters. The Morgan fingerprint density at radius 2 is 1.57 bits per heavy atom. The van der Waals surface area contributed by atoms with Crippen molar-refractivity contribution in [2.24, 2.45) is 22.7 Å². The highest BCUT2D eigenvalue weighted by Crippen LogP contribution is 2.70. The Labute approximate surface area is 285 Å². The molecule has 5 fully saturated rings. The van der Waals surface area contributed by atoms with Gasteiger partial charge in [-0.25, -0.2) is 4.79 Å². The Bertz CT molecular complexity index is 1430. The second kappa shape index (κ2) is 13.0. The van der Waals surface area contributed by atoms with E-state index >= 15 is 0 Å². The van der Waals surface area contributed by atoms with E-state index in [0.717, 1.165) is 44.1 Å².